The van der Waals surface area contributed by atoms with Crippen molar-refractivity contribution in [1.29, 1.82) is 0 Å². The van der Waals surface area contributed by atoms with Crippen molar-refractivity contribution in [2.75, 3.05) is 55.1 Å². The standard InChI is InChI=1S/C16H21N7O3/c24-11-13(25)10-17-22-15-19-14(18-12-4-2-1-3-5-12)20-16(21-15)23-6-8-26-9-7-23/h1-5,17,24H,6-11H2,(H2,18,19,20,21,22). The molecular formula is C16H21N7O3. The summed E-state index contributed by atoms with van der Waals surface area (Å²) in [6, 6.07) is 9.56. The lowest BCUT2D eigenvalue weighted by Gasteiger charge is -2.27. The van der Waals surface area contributed by atoms with Crippen LogP contribution < -0.4 is 21.1 Å². The molecular weight excluding hydrogens is 338 g/mol. The van der Waals surface area contributed by atoms with Crippen molar-refractivity contribution >= 4 is 29.3 Å². The van der Waals surface area contributed by atoms with Crippen LogP contribution >= 0.6 is 0 Å². The molecule has 1 aromatic carbocycles. The Balaban J connectivity index is 1.77. The molecule has 0 aliphatic carbocycles. The van der Waals surface area contributed by atoms with Crippen molar-refractivity contribution in [2.45, 2.75) is 0 Å². The molecule has 3 rings (SSSR count). The second-order valence-electron chi connectivity index (χ2n) is 5.55. The number of hydrogen-bond acceptors (Lipinski definition) is 10. The summed E-state index contributed by atoms with van der Waals surface area (Å²) in [5.74, 6) is 0.818. The third-order valence-corrected chi connectivity index (χ3v) is 3.61. The Hall–Kier alpha value is -2.82. The highest BCUT2D eigenvalue weighted by atomic mass is 16.5. The van der Waals surface area contributed by atoms with Gasteiger partial charge in [0.25, 0.3) is 0 Å². The van der Waals surface area contributed by atoms with Gasteiger partial charge in [0.05, 0.1) is 19.8 Å². The van der Waals surface area contributed by atoms with Crippen molar-refractivity contribution in [1.82, 2.24) is 20.4 Å². The maximum Gasteiger partial charge on any atom is 0.243 e. The fraction of sp³-hybridized carbons (Fsp3) is 0.375. The minimum absolute atomic E-state index is 0.0451. The van der Waals surface area contributed by atoms with Gasteiger partial charge in [-0.2, -0.15) is 15.0 Å². The normalized spacial score (nSPS) is 14.1. The van der Waals surface area contributed by atoms with Crippen molar-refractivity contribution in [3.63, 3.8) is 0 Å². The minimum atomic E-state index is -0.522. The Morgan fingerprint density at radius 2 is 1.85 bits per heavy atom. The predicted octanol–water partition coefficient (Wildman–Crippen LogP) is -0.0703. The Bertz CT molecular complexity index is 723. The molecule has 0 radical (unpaired) electrons. The molecule has 0 amide bonds. The third-order valence-electron chi connectivity index (χ3n) is 3.61. The van der Waals surface area contributed by atoms with Crippen LogP contribution in [0.5, 0.6) is 0 Å². The van der Waals surface area contributed by atoms with Crippen LogP contribution in [0.2, 0.25) is 0 Å². The summed E-state index contributed by atoms with van der Waals surface area (Å²) in [5.41, 5.74) is 6.31. The number of aliphatic hydroxyl groups excluding tert-OH is 1. The smallest absolute Gasteiger partial charge is 0.243 e. The summed E-state index contributed by atoms with van der Waals surface area (Å²) < 4.78 is 5.36. The van der Waals surface area contributed by atoms with Gasteiger partial charge in [0, 0.05) is 18.8 Å². The van der Waals surface area contributed by atoms with Crippen LogP contribution in [0.3, 0.4) is 0 Å². The molecule has 10 nitrogen and oxygen atoms in total. The number of rotatable bonds is 8. The summed E-state index contributed by atoms with van der Waals surface area (Å²) in [6.07, 6.45) is 0. The topological polar surface area (TPSA) is 125 Å². The molecule has 1 aromatic heterocycles. The van der Waals surface area contributed by atoms with Crippen molar-refractivity contribution in [3.05, 3.63) is 30.3 Å². The number of aromatic nitrogens is 3. The van der Waals surface area contributed by atoms with Crippen LogP contribution in [0.4, 0.5) is 23.5 Å². The van der Waals surface area contributed by atoms with Gasteiger partial charge in [-0.15, -0.1) is 0 Å². The Morgan fingerprint density at radius 1 is 1.12 bits per heavy atom. The number of hydrazine groups is 1. The molecule has 138 valence electrons. The van der Waals surface area contributed by atoms with Gasteiger partial charge >= 0.3 is 0 Å². The Labute approximate surface area is 150 Å². The molecule has 4 N–H and O–H groups in total. The Morgan fingerprint density at radius 3 is 2.58 bits per heavy atom. The van der Waals surface area contributed by atoms with Gasteiger partial charge in [-0.3, -0.25) is 10.2 Å². The van der Waals surface area contributed by atoms with Crippen LogP contribution in [0.25, 0.3) is 0 Å². The maximum absolute atomic E-state index is 11.2. The first-order valence-electron chi connectivity index (χ1n) is 8.27. The predicted molar refractivity (Wildman–Crippen MR) is 96.3 cm³/mol. The van der Waals surface area contributed by atoms with E-state index in [1.54, 1.807) is 0 Å². The van der Waals surface area contributed by atoms with Gasteiger partial charge < -0.3 is 20.1 Å². The number of morpholine rings is 1. The quantitative estimate of drug-likeness (QED) is 0.476. The molecule has 0 unspecified atom stereocenters. The third kappa shape index (κ3) is 5.09. The highest BCUT2D eigenvalue weighted by molar-refractivity contribution is 5.81. The van der Waals surface area contributed by atoms with Crippen molar-refractivity contribution in [3.8, 4) is 0 Å². The van der Waals surface area contributed by atoms with E-state index in [4.69, 9.17) is 9.84 Å². The van der Waals surface area contributed by atoms with E-state index in [0.717, 1.165) is 5.69 Å². The van der Waals surface area contributed by atoms with Crippen LogP contribution in [0.15, 0.2) is 30.3 Å². The molecule has 2 aromatic rings. The molecule has 0 saturated carbocycles. The number of para-hydroxylation sites is 1. The second-order valence-corrected chi connectivity index (χ2v) is 5.55. The maximum atomic E-state index is 11.2. The lowest BCUT2D eigenvalue weighted by Crippen LogP contribution is -2.38. The number of nitrogens with zero attached hydrogens (tertiary/aromatic N) is 4. The van der Waals surface area contributed by atoms with Crippen LogP contribution in [0.1, 0.15) is 0 Å². The molecule has 0 spiro atoms. The molecule has 2 heterocycles. The van der Waals surface area contributed by atoms with E-state index in [-0.39, 0.29) is 18.3 Å². The number of anilines is 4. The highest BCUT2D eigenvalue weighted by Gasteiger charge is 2.16. The fourth-order valence-electron chi connectivity index (χ4n) is 2.31. The zero-order valence-corrected chi connectivity index (χ0v) is 14.2. The number of benzene rings is 1. The van der Waals surface area contributed by atoms with Gasteiger partial charge in [0.2, 0.25) is 17.8 Å². The first-order valence-corrected chi connectivity index (χ1v) is 8.27. The molecule has 1 aliphatic rings. The molecule has 0 atom stereocenters. The van der Waals surface area contributed by atoms with Crippen LogP contribution in [-0.2, 0) is 9.53 Å². The summed E-state index contributed by atoms with van der Waals surface area (Å²) in [5, 5.41) is 11.9. The van der Waals surface area contributed by atoms with E-state index < -0.39 is 6.61 Å². The first kappa shape index (κ1) is 18.0. The molecule has 0 bridgehead atoms. The average Bonchev–Trinajstić information content (AvgIpc) is 2.69. The first-order chi connectivity index (χ1) is 12.7. The van der Waals surface area contributed by atoms with Gasteiger partial charge in [-0.25, -0.2) is 5.43 Å². The summed E-state index contributed by atoms with van der Waals surface area (Å²) in [4.78, 5) is 26.4. The van der Waals surface area contributed by atoms with Gasteiger partial charge in [-0.05, 0) is 12.1 Å². The van der Waals surface area contributed by atoms with Crippen molar-refractivity contribution < 1.29 is 14.6 Å². The van der Waals surface area contributed by atoms with E-state index in [1.165, 1.54) is 0 Å². The highest BCUT2D eigenvalue weighted by Crippen LogP contribution is 2.18. The zero-order valence-electron chi connectivity index (χ0n) is 14.2. The fourth-order valence-corrected chi connectivity index (χ4v) is 2.31. The van der Waals surface area contributed by atoms with E-state index >= 15 is 0 Å². The molecule has 1 fully saturated rings. The van der Waals surface area contributed by atoms with Gasteiger partial charge in [-0.1, -0.05) is 18.2 Å². The van der Waals surface area contributed by atoms with Gasteiger partial charge in [0.1, 0.15) is 6.61 Å². The van der Waals surface area contributed by atoms with Crippen molar-refractivity contribution in [2.24, 2.45) is 0 Å². The average molecular weight is 359 g/mol. The zero-order chi connectivity index (χ0) is 18.2. The molecule has 10 heteroatoms. The number of carbonyl (C=O) groups excluding carboxylic acids is 1. The summed E-state index contributed by atoms with van der Waals surface area (Å²) >= 11 is 0. The number of ketones is 1. The lowest BCUT2D eigenvalue weighted by atomic mass is 10.3. The number of carbonyl (C=O) groups is 1. The number of Topliss-reactive ketones (excluding diaryl/α,β-unsaturated/α-hetero) is 1. The SMILES string of the molecule is O=C(CO)CNNc1nc(Nc2ccccc2)nc(N2CCOCC2)n1. The van der Waals surface area contributed by atoms with E-state index in [9.17, 15) is 4.79 Å². The molecule has 1 saturated heterocycles. The number of ether oxygens (including phenoxy) is 1. The van der Waals surface area contributed by atoms with E-state index in [0.29, 0.717) is 38.2 Å². The van der Waals surface area contributed by atoms with Crippen LogP contribution in [0, 0.1) is 0 Å². The number of hydrogen-bond donors (Lipinski definition) is 4. The number of aliphatic hydroxyl groups is 1. The largest absolute Gasteiger partial charge is 0.389 e. The van der Waals surface area contributed by atoms with E-state index in [1.807, 2.05) is 35.2 Å². The minimum Gasteiger partial charge on any atom is -0.389 e. The van der Waals surface area contributed by atoms with Crippen LogP contribution in [-0.4, -0.2) is 65.3 Å². The van der Waals surface area contributed by atoms with E-state index in [2.05, 4.69) is 31.1 Å². The summed E-state index contributed by atoms with van der Waals surface area (Å²) in [6.45, 7) is 2.02. The monoisotopic (exact) mass is 359 g/mol. The lowest BCUT2D eigenvalue weighted by molar-refractivity contribution is -0.120. The second kappa shape index (κ2) is 9.04. The van der Waals surface area contributed by atoms with Gasteiger partial charge in [0.15, 0.2) is 5.78 Å². The molecule has 26 heavy (non-hydrogen) atoms. The Kier molecular flexibility index (Phi) is 6.25. The number of nitrogens with one attached hydrogen (secondary N) is 3. The summed E-state index contributed by atoms with van der Waals surface area (Å²) in [7, 11) is 0. The molecule has 1 aliphatic heterocycles.